The fourth-order valence-electron chi connectivity index (χ4n) is 4.44. The predicted molar refractivity (Wildman–Crippen MR) is 149 cm³/mol. The lowest BCUT2D eigenvalue weighted by Crippen LogP contribution is -2.20. The summed E-state index contributed by atoms with van der Waals surface area (Å²) in [5.74, 6) is 0.861. The first-order chi connectivity index (χ1) is 19.0. The van der Waals surface area contributed by atoms with Crippen LogP contribution in [0.1, 0.15) is 0 Å². The van der Waals surface area contributed by atoms with Crippen LogP contribution in [0.25, 0.3) is 56.0 Å². The lowest BCUT2D eigenvalue weighted by Gasteiger charge is -2.12. The van der Waals surface area contributed by atoms with Crippen molar-refractivity contribution in [2.45, 2.75) is 0 Å². The van der Waals surface area contributed by atoms with Gasteiger partial charge in [-0.2, -0.15) is 5.10 Å². The van der Waals surface area contributed by atoms with E-state index in [4.69, 9.17) is 9.72 Å². The molecule has 0 fully saturated rings. The maximum atomic E-state index is 14.6. The highest BCUT2D eigenvalue weighted by Crippen LogP contribution is 2.33. The fraction of sp³-hybridized carbons (Fsp3) is 0.179. The van der Waals surface area contributed by atoms with Gasteiger partial charge in [0.15, 0.2) is 5.82 Å². The summed E-state index contributed by atoms with van der Waals surface area (Å²) >= 11 is 0. The number of nitrogens with zero attached hydrogens (tertiary/aromatic N) is 6. The van der Waals surface area contributed by atoms with Gasteiger partial charge in [0, 0.05) is 47.7 Å². The molecule has 0 spiro atoms. The van der Waals surface area contributed by atoms with E-state index >= 15 is 0 Å². The van der Waals surface area contributed by atoms with E-state index in [-0.39, 0.29) is 5.82 Å². The van der Waals surface area contributed by atoms with Crippen molar-refractivity contribution in [1.82, 2.24) is 40.0 Å². The van der Waals surface area contributed by atoms with Gasteiger partial charge in [0.25, 0.3) is 0 Å². The van der Waals surface area contributed by atoms with Crippen LogP contribution in [0.4, 0.5) is 10.1 Å². The summed E-state index contributed by atoms with van der Waals surface area (Å²) in [6.45, 7) is 1.51. The van der Waals surface area contributed by atoms with Crippen LogP contribution in [0.5, 0.6) is 5.75 Å². The molecule has 5 aromatic heterocycles. The molecule has 11 heteroatoms. The van der Waals surface area contributed by atoms with Crippen LogP contribution in [0.15, 0.2) is 61.2 Å². The number of aromatic amines is 2. The molecule has 0 saturated carbocycles. The number of H-pyrrole nitrogens is 2. The number of pyridine rings is 3. The molecular formula is C28H26FN9O. The molecule has 0 aliphatic rings. The molecular weight excluding hydrogens is 497 g/mol. The van der Waals surface area contributed by atoms with Gasteiger partial charge in [-0.05, 0) is 50.5 Å². The van der Waals surface area contributed by atoms with E-state index in [0.29, 0.717) is 46.3 Å². The van der Waals surface area contributed by atoms with E-state index in [9.17, 15) is 4.39 Å². The maximum absolute atomic E-state index is 14.6. The molecule has 0 saturated heterocycles. The van der Waals surface area contributed by atoms with E-state index < -0.39 is 0 Å². The van der Waals surface area contributed by atoms with Gasteiger partial charge in [-0.15, -0.1) is 0 Å². The summed E-state index contributed by atoms with van der Waals surface area (Å²) in [6, 6.07) is 10.5. The topological polar surface area (TPSA) is 121 Å². The predicted octanol–water partition coefficient (Wildman–Crippen LogP) is 4.75. The van der Waals surface area contributed by atoms with Crippen LogP contribution < -0.4 is 10.1 Å². The van der Waals surface area contributed by atoms with Crippen LogP contribution in [0, 0.1) is 5.82 Å². The Morgan fingerprint density at radius 3 is 2.72 bits per heavy atom. The first kappa shape index (κ1) is 24.4. The molecule has 1 aromatic carbocycles. The van der Waals surface area contributed by atoms with Crippen molar-refractivity contribution >= 4 is 27.6 Å². The SMILES string of the molecule is COc1cncc(-c2cc3c(-c4nc5c(-c6cc(F)cc(NCCN(C)C)c6)nccc5[nH]4)n[nH]c3cn2)c1. The number of benzene rings is 1. The second kappa shape index (κ2) is 10.1. The quantitative estimate of drug-likeness (QED) is 0.262. The highest BCUT2D eigenvalue weighted by Gasteiger charge is 2.18. The summed E-state index contributed by atoms with van der Waals surface area (Å²) in [5, 5.41) is 11.7. The van der Waals surface area contributed by atoms with E-state index in [1.165, 1.54) is 12.1 Å². The average molecular weight is 524 g/mol. The van der Waals surface area contributed by atoms with Gasteiger partial charge in [0.2, 0.25) is 0 Å². The summed E-state index contributed by atoms with van der Waals surface area (Å²) in [6.07, 6.45) is 6.79. The van der Waals surface area contributed by atoms with Crippen LogP contribution in [0.3, 0.4) is 0 Å². The van der Waals surface area contributed by atoms with Crippen LogP contribution in [0.2, 0.25) is 0 Å². The maximum Gasteiger partial charge on any atom is 0.159 e. The molecule has 6 aromatic rings. The number of rotatable bonds is 8. The van der Waals surface area contributed by atoms with Crippen LogP contribution >= 0.6 is 0 Å². The number of aromatic nitrogens is 7. The zero-order valence-electron chi connectivity index (χ0n) is 21.7. The van der Waals surface area contributed by atoms with Crippen molar-refractivity contribution in [2.75, 3.05) is 39.6 Å². The van der Waals surface area contributed by atoms with Crippen molar-refractivity contribution in [1.29, 1.82) is 0 Å². The van der Waals surface area contributed by atoms with E-state index in [2.05, 4.69) is 40.3 Å². The van der Waals surface area contributed by atoms with Gasteiger partial charge >= 0.3 is 0 Å². The molecule has 39 heavy (non-hydrogen) atoms. The normalized spacial score (nSPS) is 11.5. The van der Waals surface area contributed by atoms with Crippen molar-refractivity contribution in [3.63, 3.8) is 0 Å². The average Bonchev–Trinajstić information content (AvgIpc) is 3.56. The molecule has 0 bridgehead atoms. The molecule has 0 atom stereocenters. The Morgan fingerprint density at radius 1 is 0.974 bits per heavy atom. The molecule has 0 amide bonds. The number of imidazole rings is 1. The minimum Gasteiger partial charge on any atom is -0.495 e. The lowest BCUT2D eigenvalue weighted by atomic mass is 10.1. The van der Waals surface area contributed by atoms with E-state index in [0.717, 1.165) is 34.2 Å². The van der Waals surface area contributed by atoms with Crippen molar-refractivity contribution in [2.24, 2.45) is 0 Å². The molecule has 6 rings (SSSR count). The molecule has 0 aliphatic carbocycles. The highest BCUT2D eigenvalue weighted by molar-refractivity contribution is 5.97. The number of halogens is 1. The second-order valence-electron chi connectivity index (χ2n) is 9.40. The molecule has 5 heterocycles. The summed E-state index contributed by atoms with van der Waals surface area (Å²) in [7, 11) is 5.59. The summed E-state index contributed by atoms with van der Waals surface area (Å²) in [4.78, 5) is 23.6. The Balaban J connectivity index is 1.40. The van der Waals surface area contributed by atoms with Gasteiger partial charge in [-0.3, -0.25) is 20.1 Å². The van der Waals surface area contributed by atoms with Crippen molar-refractivity contribution < 1.29 is 9.13 Å². The number of fused-ring (bicyclic) bond motifs is 2. The monoisotopic (exact) mass is 523 g/mol. The largest absolute Gasteiger partial charge is 0.495 e. The standard InChI is InChI=1S/C28H26FN9O/c1-38(2)7-6-31-19-9-16(8-18(29)11-19)25-27-22(4-5-32-25)34-28(35-27)26-21-12-23(33-15-24(21)36-37-26)17-10-20(39-3)14-30-13-17/h4-5,8-15,31H,6-7H2,1-3H3,(H,34,35)(H,36,37). The number of nitrogens with one attached hydrogen (secondary N) is 3. The number of likely N-dealkylation sites (N-methyl/N-ethyl adjacent to an activating group) is 1. The number of hydrogen-bond acceptors (Lipinski definition) is 8. The van der Waals surface area contributed by atoms with Crippen LogP contribution in [-0.4, -0.2) is 74.3 Å². The van der Waals surface area contributed by atoms with Crippen molar-refractivity contribution in [3.8, 4) is 39.8 Å². The summed E-state index contributed by atoms with van der Waals surface area (Å²) in [5.41, 5.74) is 6.24. The smallest absolute Gasteiger partial charge is 0.159 e. The molecule has 3 N–H and O–H groups in total. The number of methoxy groups -OCH3 is 1. The van der Waals surface area contributed by atoms with Crippen LogP contribution in [-0.2, 0) is 0 Å². The first-order valence-electron chi connectivity index (χ1n) is 12.4. The fourth-order valence-corrected chi connectivity index (χ4v) is 4.44. The molecule has 196 valence electrons. The summed E-state index contributed by atoms with van der Waals surface area (Å²) < 4.78 is 19.9. The Hall–Kier alpha value is -4.90. The molecule has 0 radical (unpaired) electrons. The first-order valence-corrected chi connectivity index (χ1v) is 12.4. The third-order valence-corrected chi connectivity index (χ3v) is 6.38. The van der Waals surface area contributed by atoms with Crippen molar-refractivity contribution in [3.05, 3.63) is 67.0 Å². The number of hydrogen-bond donors (Lipinski definition) is 3. The third kappa shape index (κ3) is 4.87. The van der Waals surface area contributed by atoms with Gasteiger partial charge < -0.3 is 19.9 Å². The minimum absolute atomic E-state index is 0.347. The lowest BCUT2D eigenvalue weighted by molar-refractivity contribution is 0.413. The Kier molecular flexibility index (Phi) is 6.33. The van der Waals surface area contributed by atoms with Gasteiger partial charge in [0.05, 0.1) is 41.9 Å². The zero-order valence-corrected chi connectivity index (χ0v) is 21.7. The second-order valence-corrected chi connectivity index (χ2v) is 9.40. The Morgan fingerprint density at radius 2 is 1.87 bits per heavy atom. The zero-order chi connectivity index (χ0) is 26.9. The van der Waals surface area contributed by atoms with Gasteiger partial charge in [-0.25, -0.2) is 9.37 Å². The van der Waals surface area contributed by atoms with E-state index in [1.54, 1.807) is 31.9 Å². The Labute approximate surface area is 223 Å². The number of anilines is 1. The molecule has 10 nitrogen and oxygen atoms in total. The van der Waals surface area contributed by atoms with Gasteiger partial charge in [-0.1, -0.05) is 0 Å². The van der Waals surface area contributed by atoms with Gasteiger partial charge in [0.1, 0.15) is 22.8 Å². The Bertz CT molecular complexity index is 1790. The van der Waals surface area contributed by atoms with E-state index in [1.807, 2.05) is 38.4 Å². The minimum atomic E-state index is -0.347. The number of ether oxygens (including phenoxy) is 1. The third-order valence-electron chi connectivity index (χ3n) is 6.38. The highest BCUT2D eigenvalue weighted by atomic mass is 19.1. The molecule has 0 unspecified atom stereocenters. The molecule has 0 aliphatic heterocycles.